The van der Waals surface area contributed by atoms with E-state index in [0.29, 0.717) is 28.3 Å². The molecule has 1 aromatic heterocycles. The zero-order chi connectivity index (χ0) is 22.0. The molecule has 2 aromatic rings. The summed E-state index contributed by atoms with van der Waals surface area (Å²) in [4.78, 5) is 21.5. The van der Waals surface area contributed by atoms with Crippen LogP contribution < -0.4 is 5.73 Å². The molecule has 2 aliphatic rings. The predicted molar refractivity (Wildman–Crippen MR) is 117 cm³/mol. The van der Waals surface area contributed by atoms with Gasteiger partial charge in [-0.25, -0.2) is 4.39 Å². The number of rotatable bonds is 5. The third-order valence-electron chi connectivity index (χ3n) is 6.17. The Kier molecular flexibility index (Phi) is 6.08. The van der Waals surface area contributed by atoms with Crippen LogP contribution in [0.3, 0.4) is 0 Å². The lowest BCUT2D eigenvalue weighted by Crippen LogP contribution is -2.47. The maximum absolute atomic E-state index is 15.1. The largest absolute Gasteiger partial charge is 0.381 e. The molecule has 6 nitrogen and oxygen atoms in total. The molecule has 1 fully saturated rings. The van der Waals surface area contributed by atoms with Crippen LogP contribution in [0.25, 0.3) is 0 Å². The standard InChI is InChI=1S/C23H23FN4O2S/c1-30-17-5-4-16-13-31-22(26)28-23(16,10-17)18-8-14(2-6-19(18)24)9-21(29)20-7-3-15(11-25)12-27-20/h2-3,6-8,12,16-17H,4-5,9-10,13H2,1H3,(H2,26,28)/t16-,17+,23-/m0/s1. The van der Waals surface area contributed by atoms with Crippen LogP contribution in [-0.2, 0) is 16.7 Å². The fourth-order valence-corrected chi connectivity index (χ4v) is 5.56. The molecule has 1 aliphatic heterocycles. The molecule has 3 atom stereocenters. The van der Waals surface area contributed by atoms with Crippen LogP contribution in [0.1, 0.15) is 46.4 Å². The molecule has 4 rings (SSSR count). The number of hydrogen-bond acceptors (Lipinski definition) is 7. The molecule has 2 N–H and O–H groups in total. The van der Waals surface area contributed by atoms with Crippen molar-refractivity contribution in [2.45, 2.75) is 37.3 Å². The number of halogens is 1. The monoisotopic (exact) mass is 438 g/mol. The summed E-state index contributed by atoms with van der Waals surface area (Å²) in [7, 11) is 1.67. The van der Waals surface area contributed by atoms with Gasteiger partial charge in [-0.15, -0.1) is 0 Å². The minimum absolute atomic E-state index is 0.0246. The number of benzene rings is 1. The highest BCUT2D eigenvalue weighted by atomic mass is 32.2. The van der Waals surface area contributed by atoms with Crippen LogP contribution in [0.5, 0.6) is 0 Å². The summed E-state index contributed by atoms with van der Waals surface area (Å²) in [6.45, 7) is 0. The van der Waals surface area contributed by atoms with Crippen LogP contribution in [0.4, 0.5) is 4.39 Å². The van der Waals surface area contributed by atoms with Crippen molar-refractivity contribution >= 4 is 22.7 Å². The Morgan fingerprint density at radius 3 is 2.94 bits per heavy atom. The number of amidine groups is 1. The van der Waals surface area contributed by atoms with E-state index in [1.807, 2.05) is 6.07 Å². The molecule has 2 heterocycles. The number of fused-ring (bicyclic) bond motifs is 1. The van der Waals surface area contributed by atoms with E-state index in [9.17, 15) is 4.79 Å². The predicted octanol–water partition coefficient (Wildman–Crippen LogP) is 3.59. The van der Waals surface area contributed by atoms with E-state index in [0.717, 1.165) is 18.6 Å². The van der Waals surface area contributed by atoms with E-state index in [4.69, 9.17) is 20.7 Å². The van der Waals surface area contributed by atoms with Gasteiger partial charge in [-0.2, -0.15) is 5.26 Å². The Bertz CT molecular complexity index is 1070. The smallest absolute Gasteiger partial charge is 0.185 e. The number of Topliss-reactive ketones (excluding diaryl/α,β-unsaturated/α-hetero) is 1. The van der Waals surface area contributed by atoms with Gasteiger partial charge in [0.25, 0.3) is 0 Å². The van der Waals surface area contributed by atoms with Crippen molar-refractivity contribution in [3.8, 4) is 6.07 Å². The lowest BCUT2D eigenvalue weighted by atomic mass is 9.68. The zero-order valence-corrected chi connectivity index (χ0v) is 18.0. The Hall–Kier alpha value is -2.76. The quantitative estimate of drug-likeness (QED) is 0.716. The first-order valence-electron chi connectivity index (χ1n) is 10.1. The third kappa shape index (κ3) is 4.21. The van der Waals surface area contributed by atoms with Gasteiger partial charge >= 0.3 is 0 Å². The zero-order valence-electron chi connectivity index (χ0n) is 17.2. The van der Waals surface area contributed by atoms with Crippen molar-refractivity contribution in [1.82, 2.24) is 4.98 Å². The number of nitriles is 1. The van der Waals surface area contributed by atoms with Crippen LogP contribution in [-0.4, -0.2) is 34.9 Å². The maximum Gasteiger partial charge on any atom is 0.185 e. The Morgan fingerprint density at radius 1 is 1.39 bits per heavy atom. The van der Waals surface area contributed by atoms with Gasteiger partial charge in [0.1, 0.15) is 17.6 Å². The van der Waals surface area contributed by atoms with E-state index < -0.39 is 5.54 Å². The molecule has 0 radical (unpaired) electrons. The highest BCUT2D eigenvalue weighted by molar-refractivity contribution is 8.13. The number of carbonyl (C=O) groups excluding carboxylic acids is 1. The second kappa shape index (κ2) is 8.77. The van der Waals surface area contributed by atoms with Crippen molar-refractivity contribution in [1.29, 1.82) is 5.26 Å². The fourth-order valence-electron chi connectivity index (χ4n) is 4.52. The summed E-state index contributed by atoms with van der Waals surface area (Å²) in [6.07, 6.45) is 3.76. The van der Waals surface area contributed by atoms with Crippen molar-refractivity contribution < 1.29 is 13.9 Å². The van der Waals surface area contributed by atoms with E-state index in [2.05, 4.69) is 4.98 Å². The van der Waals surface area contributed by atoms with Crippen molar-refractivity contribution in [2.75, 3.05) is 12.9 Å². The van der Waals surface area contributed by atoms with Gasteiger partial charge < -0.3 is 10.5 Å². The summed E-state index contributed by atoms with van der Waals surface area (Å²) in [5.74, 6) is 0.384. The van der Waals surface area contributed by atoms with Crippen LogP contribution in [0.2, 0.25) is 0 Å². The number of methoxy groups -OCH3 is 1. The first-order chi connectivity index (χ1) is 14.9. The normalized spacial score (nSPS) is 25.3. The molecular formula is C23H23FN4O2S. The van der Waals surface area contributed by atoms with E-state index >= 15 is 4.39 Å². The molecule has 1 saturated carbocycles. The van der Waals surface area contributed by atoms with Gasteiger partial charge in [0.2, 0.25) is 0 Å². The summed E-state index contributed by atoms with van der Waals surface area (Å²) in [5.41, 5.74) is 7.12. The summed E-state index contributed by atoms with van der Waals surface area (Å²) in [5, 5.41) is 9.35. The third-order valence-corrected chi connectivity index (χ3v) is 7.12. The average molecular weight is 439 g/mol. The Balaban J connectivity index is 1.68. The SMILES string of the molecule is CO[C@@H]1CC[C@H]2CSC(N)=N[C@@]2(c2cc(CC(=O)c3ccc(C#N)cn3)ccc2F)C1. The van der Waals surface area contributed by atoms with Gasteiger partial charge in [-0.1, -0.05) is 17.8 Å². The summed E-state index contributed by atoms with van der Waals surface area (Å²) in [6, 6.07) is 9.84. The molecule has 8 heteroatoms. The van der Waals surface area contributed by atoms with Crippen molar-refractivity contribution in [3.05, 3.63) is 64.7 Å². The second-order valence-electron chi connectivity index (χ2n) is 7.98. The molecule has 1 aromatic carbocycles. The Labute approximate surface area is 184 Å². The lowest BCUT2D eigenvalue weighted by Gasteiger charge is -2.46. The summed E-state index contributed by atoms with van der Waals surface area (Å²) >= 11 is 1.51. The number of pyridine rings is 1. The number of hydrogen-bond donors (Lipinski definition) is 1. The second-order valence-corrected chi connectivity index (χ2v) is 9.02. The maximum atomic E-state index is 15.1. The molecule has 0 unspecified atom stereocenters. The fraction of sp³-hybridized carbons (Fsp3) is 0.391. The van der Waals surface area contributed by atoms with Crippen LogP contribution >= 0.6 is 11.8 Å². The number of aromatic nitrogens is 1. The van der Waals surface area contributed by atoms with E-state index in [-0.39, 0.29) is 35.7 Å². The molecule has 0 spiro atoms. The topological polar surface area (TPSA) is 101 Å². The average Bonchev–Trinajstić information content (AvgIpc) is 2.79. The minimum atomic E-state index is -0.788. The molecule has 0 saturated heterocycles. The first kappa shape index (κ1) is 21.5. The molecular weight excluding hydrogens is 415 g/mol. The highest BCUT2D eigenvalue weighted by Gasteiger charge is 2.49. The number of carbonyl (C=O) groups is 1. The molecule has 31 heavy (non-hydrogen) atoms. The number of nitrogens with zero attached hydrogens (tertiary/aromatic N) is 3. The number of ether oxygens (including phenoxy) is 1. The number of ketones is 1. The van der Waals surface area contributed by atoms with Gasteiger partial charge in [0.15, 0.2) is 11.0 Å². The molecule has 0 amide bonds. The number of nitrogens with two attached hydrogens (primary N) is 1. The van der Waals surface area contributed by atoms with Crippen LogP contribution in [0.15, 0.2) is 41.5 Å². The minimum Gasteiger partial charge on any atom is -0.381 e. The van der Waals surface area contributed by atoms with Gasteiger partial charge in [0.05, 0.1) is 17.2 Å². The highest BCUT2D eigenvalue weighted by Crippen LogP contribution is 2.50. The van der Waals surface area contributed by atoms with Crippen LogP contribution in [0, 0.1) is 23.1 Å². The van der Waals surface area contributed by atoms with E-state index in [1.54, 1.807) is 25.3 Å². The van der Waals surface area contributed by atoms with Crippen molar-refractivity contribution in [3.63, 3.8) is 0 Å². The molecule has 1 aliphatic carbocycles. The Morgan fingerprint density at radius 2 is 2.23 bits per heavy atom. The number of aliphatic imine (C=N–C) groups is 1. The summed E-state index contributed by atoms with van der Waals surface area (Å²) < 4.78 is 20.7. The van der Waals surface area contributed by atoms with Gasteiger partial charge in [0, 0.05) is 37.5 Å². The van der Waals surface area contributed by atoms with E-state index in [1.165, 1.54) is 30.1 Å². The first-order valence-corrected chi connectivity index (χ1v) is 11.1. The molecule has 0 bridgehead atoms. The van der Waals surface area contributed by atoms with Gasteiger partial charge in [-0.05, 0) is 48.6 Å². The van der Waals surface area contributed by atoms with Gasteiger partial charge in [-0.3, -0.25) is 14.8 Å². The molecule has 160 valence electrons. The lowest BCUT2D eigenvalue weighted by molar-refractivity contribution is 0.0192. The number of thioether (sulfide) groups is 1. The van der Waals surface area contributed by atoms with Crippen molar-refractivity contribution in [2.24, 2.45) is 16.6 Å².